The van der Waals surface area contributed by atoms with Crippen molar-refractivity contribution >= 4 is 5.91 Å². The van der Waals surface area contributed by atoms with Gasteiger partial charge >= 0.3 is 0 Å². The molecule has 0 aliphatic carbocycles. The van der Waals surface area contributed by atoms with Crippen LogP contribution in [-0.2, 0) is 23.7 Å². The Hall–Kier alpha value is -1.79. The van der Waals surface area contributed by atoms with Crippen LogP contribution in [0.25, 0.3) is 0 Å². The molecule has 2 fully saturated rings. The smallest absolute Gasteiger partial charge is 0.220 e. The van der Waals surface area contributed by atoms with Crippen molar-refractivity contribution in [3.63, 3.8) is 0 Å². The van der Waals surface area contributed by atoms with Gasteiger partial charge in [0.25, 0.3) is 0 Å². The lowest BCUT2D eigenvalue weighted by atomic mass is 9.97. The average molecular weight is 1360 g/mol. The number of allylic oxidation sites excluding steroid dienone is 5. The highest BCUT2D eigenvalue weighted by molar-refractivity contribution is 5.76. The molecule has 1 amide bonds. The Morgan fingerprint density at radius 1 is 0.365 bits per heavy atom. The van der Waals surface area contributed by atoms with Gasteiger partial charge in [0.15, 0.2) is 12.6 Å². The zero-order valence-corrected chi connectivity index (χ0v) is 62.1. The molecule has 0 aromatic heterocycles. The highest BCUT2D eigenvalue weighted by atomic mass is 16.7. The quantitative estimate of drug-likeness (QED) is 0.0204. The maximum atomic E-state index is 13.4. The molecule has 96 heavy (non-hydrogen) atoms. The first-order valence-electron chi connectivity index (χ1n) is 41.2. The van der Waals surface area contributed by atoms with Gasteiger partial charge in [-0.25, -0.2) is 0 Å². The summed E-state index contributed by atoms with van der Waals surface area (Å²) in [6.45, 7) is 2.84. The molecule has 566 valence electrons. The fraction of sp³-hybridized carbons (Fsp3) is 0.915. The summed E-state index contributed by atoms with van der Waals surface area (Å²) in [5.41, 5.74) is 0. The minimum Gasteiger partial charge on any atom is -0.394 e. The Balaban J connectivity index is 1.55. The number of hydrogen-bond acceptors (Lipinski definition) is 13. The van der Waals surface area contributed by atoms with Crippen LogP contribution >= 0.6 is 0 Å². The SMILES string of the molecule is CCCCCCCCCC/C=C\CCCCCCCCCCCCCCCCCCCCCCCCCCCCCCCC(=O)NC(COC1OC(CO)C(OC2OC(CO)C(O)C(O)C2O)C(O)C1O)C(O)/C=C/CC/C=C/CCCCCCCCCCCCCCCCC. The number of hydrogen-bond donors (Lipinski definition) is 9. The molecule has 2 aliphatic heterocycles. The van der Waals surface area contributed by atoms with Gasteiger partial charge in [0, 0.05) is 6.42 Å². The number of rotatable bonds is 70. The first kappa shape index (κ1) is 90.3. The maximum Gasteiger partial charge on any atom is 0.220 e. The van der Waals surface area contributed by atoms with Crippen LogP contribution in [0.3, 0.4) is 0 Å². The zero-order valence-electron chi connectivity index (χ0n) is 62.1. The van der Waals surface area contributed by atoms with Gasteiger partial charge in [-0.2, -0.15) is 0 Å². The van der Waals surface area contributed by atoms with E-state index in [1.807, 2.05) is 6.08 Å². The Bertz CT molecular complexity index is 1750. The van der Waals surface area contributed by atoms with Crippen molar-refractivity contribution in [2.45, 2.75) is 460 Å². The first-order chi connectivity index (χ1) is 47.1. The predicted molar refractivity (Wildman–Crippen MR) is 397 cm³/mol. The minimum absolute atomic E-state index is 0.241. The van der Waals surface area contributed by atoms with Crippen LogP contribution < -0.4 is 5.32 Å². The second-order valence-corrected chi connectivity index (χ2v) is 29.2. The van der Waals surface area contributed by atoms with Gasteiger partial charge in [-0.15, -0.1) is 0 Å². The number of unbranched alkanes of at least 4 members (excludes halogenated alkanes) is 53. The second kappa shape index (κ2) is 66.4. The molecule has 0 aromatic carbocycles. The molecule has 0 radical (unpaired) electrons. The van der Waals surface area contributed by atoms with Gasteiger partial charge in [-0.05, 0) is 57.8 Å². The zero-order chi connectivity index (χ0) is 69.4. The molecule has 0 aromatic rings. The van der Waals surface area contributed by atoms with Crippen molar-refractivity contribution in [1.29, 1.82) is 0 Å². The Morgan fingerprint density at radius 2 is 0.667 bits per heavy atom. The number of carbonyl (C=O) groups is 1. The normalized spacial score (nSPS) is 22.4. The molecule has 14 nitrogen and oxygen atoms in total. The molecule has 9 N–H and O–H groups in total. The van der Waals surface area contributed by atoms with Gasteiger partial charge in [-0.1, -0.05) is 359 Å². The van der Waals surface area contributed by atoms with Crippen molar-refractivity contribution in [2.75, 3.05) is 19.8 Å². The van der Waals surface area contributed by atoms with Gasteiger partial charge in [0.05, 0.1) is 32.0 Å². The van der Waals surface area contributed by atoms with Crippen molar-refractivity contribution < 1.29 is 64.6 Å². The molecule has 12 atom stereocenters. The molecule has 2 saturated heterocycles. The molecule has 0 saturated carbocycles. The number of ether oxygens (including phenoxy) is 4. The van der Waals surface area contributed by atoms with E-state index in [1.54, 1.807) is 6.08 Å². The van der Waals surface area contributed by atoms with Crippen molar-refractivity contribution in [2.24, 2.45) is 0 Å². The van der Waals surface area contributed by atoms with E-state index in [0.29, 0.717) is 12.8 Å². The average Bonchev–Trinajstić information content (AvgIpc) is 0.807. The van der Waals surface area contributed by atoms with Crippen LogP contribution in [0.4, 0.5) is 0 Å². The topological polar surface area (TPSA) is 228 Å². The molecule has 2 aliphatic rings. The molecule has 2 heterocycles. The van der Waals surface area contributed by atoms with E-state index >= 15 is 0 Å². The summed E-state index contributed by atoms with van der Waals surface area (Å²) in [7, 11) is 0. The minimum atomic E-state index is -1.79. The fourth-order valence-corrected chi connectivity index (χ4v) is 13.8. The van der Waals surface area contributed by atoms with Gasteiger partial charge < -0.3 is 65.1 Å². The summed E-state index contributed by atoms with van der Waals surface area (Å²) in [4.78, 5) is 13.4. The molecule has 0 spiro atoms. The lowest BCUT2D eigenvalue weighted by Crippen LogP contribution is -2.65. The third-order valence-electron chi connectivity index (χ3n) is 20.3. The van der Waals surface area contributed by atoms with Crippen LogP contribution in [0.2, 0.25) is 0 Å². The lowest BCUT2D eigenvalue weighted by molar-refractivity contribution is -0.359. The van der Waals surface area contributed by atoms with Crippen molar-refractivity contribution in [3.8, 4) is 0 Å². The molecule has 12 unspecified atom stereocenters. The lowest BCUT2D eigenvalue weighted by Gasteiger charge is -2.46. The number of nitrogens with one attached hydrogen (secondary N) is 1. The van der Waals surface area contributed by atoms with Crippen LogP contribution in [0.5, 0.6) is 0 Å². The summed E-state index contributed by atoms with van der Waals surface area (Å²) in [5, 5.41) is 87.6. The van der Waals surface area contributed by atoms with E-state index in [0.717, 1.165) is 32.1 Å². The van der Waals surface area contributed by atoms with Gasteiger partial charge in [0.2, 0.25) is 5.91 Å². The van der Waals surface area contributed by atoms with E-state index in [2.05, 4.69) is 43.5 Å². The van der Waals surface area contributed by atoms with Crippen LogP contribution in [0, 0.1) is 0 Å². The standard InChI is InChI=1S/C82H155NO13/c1-3-5-7-9-11-13-15-17-19-21-23-25-26-27-28-29-30-31-32-33-34-35-36-37-38-39-40-41-42-43-44-46-48-50-52-54-56-58-60-62-64-66-74(87)83-70(71(86)65-63-61-59-57-55-53-51-49-47-45-24-22-20-18-16-14-12-10-8-6-4-2)69-93-81-79(92)77(90)80(73(68-85)95-81)96-82-78(91)76(89)75(88)72(67-84)94-82/h21,23,55,57,63,65,70-73,75-82,84-86,88-92H,3-20,22,24-54,56,58-62,64,66-69H2,1-2H3,(H,83,87)/b23-21-,57-55+,65-63+. The van der Waals surface area contributed by atoms with Crippen molar-refractivity contribution in [1.82, 2.24) is 5.32 Å². The van der Waals surface area contributed by atoms with Crippen molar-refractivity contribution in [3.05, 3.63) is 36.5 Å². The Kier molecular flexibility index (Phi) is 62.5. The number of amides is 1. The third-order valence-corrected chi connectivity index (χ3v) is 20.3. The third kappa shape index (κ3) is 48.9. The number of aliphatic hydroxyl groups excluding tert-OH is 8. The fourth-order valence-electron chi connectivity index (χ4n) is 13.8. The largest absolute Gasteiger partial charge is 0.394 e. The van der Waals surface area contributed by atoms with Gasteiger partial charge in [-0.3, -0.25) is 4.79 Å². The van der Waals surface area contributed by atoms with Gasteiger partial charge in [0.1, 0.15) is 48.8 Å². The summed E-state index contributed by atoms with van der Waals surface area (Å²) in [6, 6.07) is -0.931. The first-order valence-corrected chi connectivity index (χ1v) is 41.2. The van der Waals surface area contributed by atoms with E-state index in [4.69, 9.17) is 18.9 Å². The highest BCUT2D eigenvalue weighted by Gasteiger charge is 2.51. The molecular formula is C82H155NO13. The predicted octanol–water partition coefficient (Wildman–Crippen LogP) is 18.8. The molecule has 0 bridgehead atoms. The number of carbonyl (C=O) groups excluding carboxylic acids is 1. The Labute approximate surface area is 589 Å². The number of aliphatic hydroxyl groups is 8. The van der Waals surface area contributed by atoms with E-state index in [-0.39, 0.29) is 18.9 Å². The molecule has 2 rings (SSSR count). The second-order valence-electron chi connectivity index (χ2n) is 29.2. The monoisotopic (exact) mass is 1360 g/mol. The van der Waals surface area contributed by atoms with E-state index < -0.39 is 86.8 Å². The van der Waals surface area contributed by atoms with Crippen LogP contribution in [0.15, 0.2) is 36.5 Å². The summed E-state index contributed by atoms with van der Waals surface area (Å²) in [5.74, 6) is -0.241. The molecule has 14 heteroatoms. The maximum absolute atomic E-state index is 13.4. The Morgan fingerprint density at radius 3 is 1.02 bits per heavy atom. The summed E-state index contributed by atoms with van der Waals surface area (Å²) >= 11 is 0. The molecular weight excluding hydrogens is 1210 g/mol. The van der Waals surface area contributed by atoms with E-state index in [9.17, 15) is 45.6 Å². The highest BCUT2D eigenvalue weighted by Crippen LogP contribution is 2.30. The summed E-state index contributed by atoms with van der Waals surface area (Å²) < 4.78 is 22.9. The van der Waals surface area contributed by atoms with E-state index in [1.165, 1.54) is 321 Å². The summed E-state index contributed by atoms with van der Waals surface area (Å²) in [6.07, 6.45) is 71.2. The van der Waals surface area contributed by atoms with Crippen LogP contribution in [0.1, 0.15) is 386 Å². The van der Waals surface area contributed by atoms with Crippen LogP contribution in [-0.4, -0.2) is 140 Å².